The summed E-state index contributed by atoms with van der Waals surface area (Å²) < 4.78 is 0. The van der Waals surface area contributed by atoms with Gasteiger partial charge >= 0.3 is 0 Å². The molecule has 0 unspecified atom stereocenters. The highest BCUT2D eigenvalue weighted by molar-refractivity contribution is 5.81. The van der Waals surface area contributed by atoms with Crippen molar-refractivity contribution >= 4 is 17.5 Å². The fourth-order valence-corrected chi connectivity index (χ4v) is 1.76. The van der Waals surface area contributed by atoms with Crippen LogP contribution in [-0.2, 0) is 4.79 Å². The Labute approximate surface area is 121 Å². The Morgan fingerprint density at radius 3 is 2.70 bits per heavy atom. The average Bonchev–Trinajstić information content (AvgIpc) is 2.34. The van der Waals surface area contributed by atoms with Crippen LogP contribution >= 0.6 is 0 Å². The maximum absolute atomic E-state index is 11.8. The molecular weight excluding hydrogens is 254 g/mol. The summed E-state index contributed by atoms with van der Waals surface area (Å²) >= 11 is 0. The van der Waals surface area contributed by atoms with E-state index in [1.807, 2.05) is 38.8 Å². The number of anilines is 2. The van der Waals surface area contributed by atoms with Crippen LogP contribution < -0.4 is 15.5 Å². The lowest BCUT2D eigenvalue weighted by Gasteiger charge is -2.19. The number of carbonyl (C=O) groups excluding carboxylic acids is 1. The van der Waals surface area contributed by atoms with E-state index < -0.39 is 0 Å². The van der Waals surface area contributed by atoms with Gasteiger partial charge in [-0.1, -0.05) is 6.92 Å². The van der Waals surface area contributed by atoms with Crippen molar-refractivity contribution < 1.29 is 4.79 Å². The summed E-state index contributed by atoms with van der Waals surface area (Å²) in [6.07, 6.45) is 1.03. The van der Waals surface area contributed by atoms with E-state index >= 15 is 0 Å². The topological polar surface area (TPSA) is 70.2 Å². The standard InChI is InChI=1S/C14H25N5O/c1-6-7-15-12-8-13(18-11(4)17-12)19(5)9-14(20)16-10(2)3/h8,10H,6-7,9H2,1-5H3,(H,16,20)(H,15,17,18). The van der Waals surface area contributed by atoms with Gasteiger partial charge in [-0.05, 0) is 27.2 Å². The van der Waals surface area contributed by atoms with Crippen molar-refractivity contribution in [3.63, 3.8) is 0 Å². The predicted molar refractivity (Wildman–Crippen MR) is 82.1 cm³/mol. The number of likely N-dealkylation sites (N-methyl/N-ethyl adjacent to an activating group) is 1. The van der Waals surface area contributed by atoms with Crippen molar-refractivity contribution in [2.24, 2.45) is 0 Å². The molecule has 0 bridgehead atoms. The molecule has 1 aromatic rings. The second-order valence-corrected chi connectivity index (χ2v) is 5.16. The normalized spacial score (nSPS) is 10.5. The van der Waals surface area contributed by atoms with E-state index in [0.29, 0.717) is 5.82 Å². The third kappa shape index (κ3) is 5.42. The van der Waals surface area contributed by atoms with Crippen LogP contribution in [0.15, 0.2) is 6.07 Å². The Bertz CT molecular complexity index is 447. The lowest BCUT2D eigenvalue weighted by atomic mass is 10.3. The van der Waals surface area contributed by atoms with Gasteiger partial charge in [-0.25, -0.2) is 9.97 Å². The predicted octanol–water partition coefficient (Wildman–Crippen LogP) is 1.57. The molecule has 0 fully saturated rings. The Hall–Kier alpha value is -1.85. The molecule has 1 amide bonds. The number of amides is 1. The van der Waals surface area contributed by atoms with E-state index in [9.17, 15) is 4.79 Å². The molecule has 112 valence electrons. The molecule has 0 aromatic carbocycles. The molecule has 0 aliphatic heterocycles. The van der Waals surface area contributed by atoms with Crippen molar-refractivity contribution in [1.29, 1.82) is 0 Å². The van der Waals surface area contributed by atoms with Gasteiger partial charge in [0.05, 0.1) is 6.54 Å². The van der Waals surface area contributed by atoms with Gasteiger partial charge in [0.2, 0.25) is 5.91 Å². The molecule has 1 aromatic heterocycles. The van der Waals surface area contributed by atoms with Crippen LogP contribution in [0.2, 0.25) is 0 Å². The van der Waals surface area contributed by atoms with E-state index in [2.05, 4.69) is 27.5 Å². The third-order valence-electron chi connectivity index (χ3n) is 2.60. The molecule has 20 heavy (non-hydrogen) atoms. The highest BCUT2D eigenvalue weighted by Gasteiger charge is 2.11. The first-order valence-corrected chi connectivity index (χ1v) is 7.02. The molecule has 0 aliphatic carbocycles. The number of rotatable bonds is 7. The maximum atomic E-state index is 11.8. The molecule has 1 heterocycles. The first-order valence-electron chi connectivity index (χ1n) is 7.02. The van der Waals surface area contributed by atoms with Crippen molar-refractivity contribution in [3.8, 4) is 0 Å². The number of hydrogen-bond acceptors (Lipinski definition) is 5. The zero-order valence-electron chi connectivity index (χ0n) is 13.0. The van der Waals surface area contributed by atoms with Crippen molar-refractivity contribution in [2.45, 2.75) is 40.2 Å². The van der Waals surface area contributed by atoms with E-state index in [4.69, 9.17) is 0 Å². The Morgan fingerprint density at radius 2 is 2.10 bits per heavy atom. The highest BCUT2D eigenvalue weighted by atomic mass is 16.2. The summed E-state index contributed by atoms with van der Waals surface area (Å²) in [6, 6.07) is 2.01. The molecule has 0 saturated heterocycles. The van der Waals surface area contributed by atoms with Crippen LogP contribution in [0.25, 0.3) is 0 Å². The zero-order chi connectivity index (χ0) is 15.1. The second-order valence-electron chi connectivity index (χ2n) is 5.16. The number of aryl methyl sites for hydroxylation is 1. The number of carbonyl (C=O) groups is 1. The van der Waals surface area contributed by atoms with E-state index in [1.54, 1.807) is 0 Å². The average molecular weight is 279 g/mol. The maximum Gasteiger partial charge on any atom is 0.239 e. The molecule has 6 nitrogen and oxygen atoms in total. The number of hydrogen-bond donors (Lipinski definition) is 2. The molecule has 0 radical (unpaired) electrons. The van der Waals surface area contributed by atoms with E-state index in [-0.39, 0.29) is 18.5 Å². The van der Waals surface area contributed by atoms with Gasteiger partial charge in [0.15, 0.2) is 0 Å². The summed E-state index contributed by atoms with van der Waals surface area (Å²) in [5.41, 5.74) is 0. The molecule has 0 spiro atoms. The van der Waals surface area contributed by atoms with Gasteiger partial charge in [0.1, 0.15) is 17.5 Å². The third-order valence-corrected chi connectivity index (χ3v) is 2.60. The minimum Gasteiger partial charge on any atom is -0.370 e. The number of nitrogens with one attached hydrogen (secondary N) is 2. The lowest BCUT2D eigenvalue weighted by Crippen LogP contribution is -2.38. The van der Waals surface area contributed by atoms with Crippen LogP contribution in [0, 0.1) is 6.92 Å². The molecular formula is C14H25N5O. The van der Waals surface area contributed by atoms with E-state index in [0.717, 1.165) is 24.6 Å². The first-order chi connectivity index (χ1) is 9.42. The largest absolute Gasteiger partial charge is 0.370 e. The van der Waals surface area contributed by atoms with Gasteiger partial charge in [-0.3, -0.25) is 4.79 Å². The summed E-state index contributed by atoms with van der Waals surface area (Å²) in [4.78, 5) is 22.3. The van der Waals surface area contributed by atoms with Gasteiger partial charge in [-0.15, -0.1) is 0 Å². The van der Waals surface area contributed by atoms with Crippen LogP contribution in [-0.4, -0.2) is 42.1 Å². The van der Waals surface area contributed by atoms with Gasteiger partial charge in [0, 0.05) is 25.7 Å². The van der Waals surface area contributed by atoms with Gasteiger partial charge in [0.25, 0.3) is 0 Å². The molecule has 0 atom stereocenters. The fourth-order valence-electron chi connectivity index (χ4n) is 1.76. The molecule has 2 N–H and O–H groups in total. The van der Waals surface area contributed by atoms with Crippen LogP contribution in [0.3, 0.4) is 0 Å². The molecule has 1 rings (SSSR count). The summed E-state index contributed by atoms with van der Waals surface area (Å²) in [5.74, 6) is 2.22. The first kappa shape index (κ1) is 16.2. The van der Waals surface area contributed by atoms with Crippen molar-refractivity contribution in [3.05, 3.63) is 11.9 Å². The Balaban J connectivity index is 2.73. The smallest absolute Gasteiger partial charge is 0.239 e. The quantitative estimate of drug-likeness (QED) is 0.793. The lowest BCUT2D eigenvalue weighted by molar-refractivity contribution is -0.120. The molecule has 6 heteroatoms. The molecule has 0 aliphatic rings. The monoisotopic (exact) mass is 279 g/mol. The molecule has 0 saturated carbocycles. The fraction of sp³-hybridized carbons (Fsp3) is 0.643. The van der Waals surface area contributed by atoms with Crippen LogP contribution in [0.5, 0.6) is 0 Å². The van der Waals surface area contributed by atoms with Crippen LogP contribution in [0.1, 0.15) is 33.0 Å². The number of aromatic nitrogens is 2. The Morgan fingerprint density at radius 1 is 1.40 bits per heavy atom. The highest BCUT2D eigenvalue weighted by Crippen LogP contribution is 2.14. The van der Waals surface area contributed by atoms with Crippen LogP contribution in [0.4, 0.5) is 11.6 Å². The van der Waals surface area contributed by atoms with Gasteiger partial charge < -0.3 is 15.5 Å². The zero-order valence-corrected chi connectivity index (χ0v) is 13.0. The van der Waals surface area contributed by atoms with E-state index in [1.165, 1.54) is 0 Å². The second kappa shape index (κ2) is 7.67. The minimum atomic E-state index is -0.0122. The summed E-state index contributed by atoms with van der Waals surface area (Å²) in [7, 11) is 1.85. The minimum absolute atomic E-state index is 0.0122. The number of nitrogens with zero attached hydrogens (tertiary/aromatic N) is 3. The van der Waals surface area contributed by atoms with Gasteiger partial charge in [-0.2, -0.15) is 0 Å². The summed E-state index contributed by atoms with van der Waals surface area (Å²) in [5, 5.41) is 6.10. The van der Waals surface area contributed by atoms with Crippen molar-refractivity contribution in [2.75, 3.05) is 30.4 Å². The Kier molecular flexibility index (Phi) is 6.21. The van der Waals surface area contributed by atoms with Crippen molar-refractivity contribution in [1.82, 2.24) is 15.3 Å². The SMILES string of the molecule is CCCNc1cc(N(C)CC(=O)NC(C)C)nc(C)n1. The summed E-state index contributed by atoms with van der Waals surface area (Å²) in [6.45, 7) is 8.99.